The van der Waals surface area contributed by atoms with Crippen molar-refractivity contribution in [3.05, 3.63) is 57.5 Å². The standard InChI is InChI=1S/C19H19BrClFN6O/c1-19(2,3)17(27-16(29)11-4-6-12(21)7-5-11)28-18(25-10-23)26-14-9-24-15(20)8-13(14)22/h4-9,17H,1-3H3,(H,27,29)(H2,25,26,28). The first kappa shape index (κ1) is 22.6. The van der Waals surface area contributed by atoms with Crippen molar-refractivity contribution in [3.63, 3.8) is 0 Å². The summed E-state index contributed by atoms with van der Waals surface area (Å²) in [4.78, 5) is 20.2. The molecule has 1 aromatic heterocycles. The van der Waals surface area contributed by atoms with Crippen LogP contribution in [0.15, 0.2) is 46.1 Å². The topological polar surface area (TPSA) is 102 Å². The molecule has 1 heterocycles. The Hall–Kier alpha value is -2.70. The largest absolute Gasteiger partial charge is 0.335 e. The molecule has 0 saturated carbocycles. The van der Waals surface area contributed by atoms with Crippen molar-refractivity contribution in [2.45, 2.75) is 26.9 Å². The molecular weight excluding hydrogens is 463 g/mol. The third-order valence-corrected chi connectivity index (χ3v) is 4.45. The number of carbonyl (C=O) groups excluding carboxylic acids is 1. The fraction of sp³-hybridized carbons (Fsp3) is 0.263. The number of guanidine groups is 1. The average Bonchev–Trinajstić information content (AvgIpc) is 2.63. The highest BCUT2D eigenvalue weighted by atomic mass is 79.9. The minimum absolute atomic E-state index is 0.0198. The Morgan fingerprint density at radius 1 is 1.31 bits per heavy atom. The normalized spacial score (nSPS) is 12.7. The highest BCUT2D eigenvalue weighted by Gasteiger charge is 2.28. The number of nitriles is 1. The number of halogens is 3. The molecule has 3 N–H and O–H groups in total. The van der Waals surface area contributed by atoms with E-state index in [0.29, 0.717) is 15.2 Å². The number of carbonyl (C=O) groups is 1. The van der Waals surface area contributed by atoms with Gasteiger partial charge in [0.1, 0.15) is 10.8 Å². The van der Waals surface area contributed by atoms with E-state index in [9.17, 15) is 9.18 Å². The molecule has 152 valence electrons. The Bertz CT molecular complexity index is 953. The highest BCUT2D eigenvalue weighted by molar-refractivity contribution is 9.10. The van der Waals surface area contributed by atoms with Crippen molar-refractivity contribution >= 4 is 45.1 Å². The van der Waals surface area contributed by atoms with Crippen LogP contribution >= 0.6 is 27.5 Å². The lowest BCUT2D eigenvalue weighted by Gasteiger charge is -2.33. The Morgan fingerprint density at radius 2 is 1.97 bits per heavy atom. The summed E-state index contributed by atoms with van der Waals surface area (Å²) in [6.45, 7) is 5.66. The van der Waals surface area contributed by atoms with Gasteiger partial charge in [-0.1, -0.05) is 32.4 Å². The van der Waals surface area contributed by atoms with Crippen LogP contribution in [0, 0.1) is 22.7 Å². The van der Waals surface area contributed by atoms with Gasteiger partial charge < -0.3 is 16.0 Å². The third-order valence-electron chi connectivity index (χ3n) is 3.76. The Balaban J connectivity index is 2.22. The number of hydrogen-bond acceptors (Lipinski definition) is 4. The maximum absolute atomic E-state index is 14.1. The SMILES string of the molecule is CC(C)(C)C(NC(=O)c1ccc(Cl)cc1)N/C(=N\C#N)Nc1cnc(Br)cc1F. The van der Waals surface area contributed by atoms with Gasteiger partial charge in [-0.2, -0.15) is 5.26 Å². The number of benzene rings is 1. The molecule has 0 aliphatic heterocycles. The van der Waals surface area contributed by atoms with Crippen molar-refractivity contribution in [1.29, 1.82) is 5.26 Å². The van der Waals surface area contributed by atoms with E-state index in [1.54, 1.807) is 30.5 Å². The number of aromatic nitrogens is 1. The van der Waals surface area contributed by atoms with E-state index in [4.69, 9.17) is 16.9 Å². The first-order valence-electron chi connectivity index (χ1n) is 8.48. The molecule has 29 heavy (non-hydrogen) atoms. The average molecular weight is 482 g/mol. The highest BCUT2D eigenvalue weighted by Crippen LogP contribution is 2.20. The molecule has 10 heteroatoms. The molecule has 0 aliphatic rings. The number of anilines is 1. The van der Waals surface area contributed by atoms with E-state index in [1.807, 2.05) is 20.8 Å². The number of aliphatic imine (C=N–C) groups is 1. The van der Waals surface area contributed by atoms with Gasteiger partial charge in [-0.15, -0.1) is 4.99 Å². The fourth-order valence-electron chi connectivity index (χ4n) is 2.19. The predicted molar refractivity (Wildman–Crippen MR) is 114 cm³/mol. The predicted octanol–water partition coefficient (Wildman–Crippen LogP) is 4.28. The number of nitrogens with zero attached hydrogens (tertiary/aromatic N) is 3. The molecule has 0 spiro atoms. The number of pyridine rings is 1. The summed E-state index contributed by atoms with van der Waals surface area (Å²) < 4.78 is 14.4. The monoisotopic (exact) mass is 480 g/mol. The summed E-state index contributed by atoms with van der Waals surface area (Å²) in [5.74, 6) is -0.967. The second-order valence-electron chi connectivity index (χ2n) is 7.10. The number of amides is 1. The van der Waals surface area contributed by atoms with Gasteiger partial charge in [0.25, 0.3) is 5.91 Å². The zero-order valence-corrected chi connectivity index (χ0v) is 18.3. The van der Waals surface area contributed by atoms with Crippen molar-refractivity contribution in [3.8, 4) is 6.19 Å². The summed E-state index contributed by atoms with van der Waals surface area (Å²) in [5, 5.41) is 18.0. The maximum Gasteiger partial charge on any atom is 0.252 e. The van der Waals surface area contributed by atoms with Crippen LogP contribution in [0.5, 0.6) is 0 Å². The van der Waals surface area contributed by atoms with Crippen LogP contribution in [-0.4, -0.2) is 23.0 Å². The molecule has 0 bridgehead atoms. The Labute approximate surface area is 181 Å². The summed E-state index contributed by atoms with van der Waals surface area (Å²) in [6, 6.07) is 7.61. The van der Waals surface area contributed by atoms with Crippen LogP contribution in [0.25, 0.3) is 0 Å². The van der Waals surface area contributed by atoms with Crippen molar-refractivity contribution in [2.75, 3.05) is 5.32 Å². The van der Waals surface area contributed by atoms with Crippen molar-refractivity contribution < 1.29 is 9.18 Å². The van der Waals surface area contributed by atoms with Gasteiger partial charge in [0.05, 0.1) is 11.9 Å². The lowest BCUT2D eigenvalue weighted by atomic mass is 9.92. The minimum atomic E-state index is -0.642. The molecule has 1 unspecified atom stereocenters. The van der Waals surface area contributed by atoms with Crippen LogP contribution in [0.4, 0.5) is 10.1 Å². The van der Waals surface area contributed by atoms with Gasteiger partial charge >= 0.3 is 0 Å². The molecule has 1 amide bonds. The van der Waals surface area contributed by atoms with Gasteiger partial charge in [0.15, 0.2) is 5.82 Å². The van der Waals surface area contributed by atoms with Gasteiger partial charge in [-0.25, -0.2) is 9.37 Å². The van der Waals surface area contributed by atoms with E-state index < -0.39 is 17.4 Å². The summed E-state index contributed by atoms with van der Waals surface area (Å²) in [5.41, 5.74) is -0.0389. The molecule has 0 aliphatic carbocycles. The minimum Gasteiger partial charge on any atom is -0.335 e. The molecule has 7 nitrogen and oxygen atoms in total. The van der Waals surface area contributed by atoms with E-state index >= 15 is 0 Å². The van der Waals surface area contributed by atoms with Crippen LogP contribution in [0.3, 0.4) is 0 Å². The van der Waals surface area contributed by atoms with Crippen LogP contribution in [0.2, 0.25) is 5.02 Å². The number of hydrogen-bond donors (Lipinski definition) is 3. The molecule has 0 fully saturated rings. The molecule has 2 aromatic rings. The first-order valence-corrected chi connectivity index (χ1v) is 9.65. The third kappa shape index (κ3) is 6.69. The van der Waals surface area contributed by atoms with Gasteiger partial charge in [0, 0.05) is 22.1 Å². The molecule has 0 saturated heterocycles. The molecular formula is C19H19BrClFN6O. The zero-order valence-electron chi connectivity index (χ0n) is 15.9. The van der Waals surface area contributed by atoms with Crippen molar-refractivity contribution in [1.82, 2.24) is 15.6 Å². The van der Waals surface area contributed by atoms with E-state index in [-0.39, 0.29) is 17.6 Å². The fourth-order valence-corrected chi connectivity index (χ4v) is 2.62. The summed E-state index contributed by atoms with van der Waals surface area (Å²) >= 11 is 8.94. The van der Waals surface area contributed by atoms with Gasteiger partial charge in [-0.3, -0.25) is 4.79 Å². The molecule has 2 rings (SSSR count). The van der Waals surface area contributed by atoms with Gasteiger partial charge in [-0.05, 0) is 40.2 Å². The lowest BCUT2D eigenvalue weighted by molar-refractivity contribution is 0.0895. The van der Waals surface area contributed by atoms with Crippen LogP contribution < -0.4 is 16.0 Å². The molecule has 1 atom stereocenters. The lowest BCUT2D eigenvalue weighted by Crippen LogP contribution is -2.56. The zero-order chi connectivity index (χ0) is 21.6. The van der Waals surface area contributed by atoms with E-state index in [2.05, 4.69) is 41.9 Å². The Morgan fingerprint density at radius 3 is 2.52 bits per heavy atom. The van der Waals surface area contributed by atoms with Gasteiger partial charge in [0.2, 0.25) is 12.2 Å². The first-order chi connectivity index (χ1) is 13.6. The van der Waals surface area contributed by atoms with Crippen molar-refractivity contribution in [2.24, 2.45) is 10.4 Å². The Kier molecular flexibility index (Phi) is 7.53. The molecule has 1 aromatic carbocycles. The summed E-state index contributed by atoms with van der Waals surface area (Å²) in [6.07, 6.45) is 2.26. The quantitative estimate of drug-likeness (QED) is 0.199. The molecule has 0 radical (unpaired) electrons. The number of nitrogens with one attached hydrogen (secondary N) is 3. The number of rotatable bonds is 4. The van der Waals surface area contributed by atoms with Crippen LogP contribution in [-0.2, 0) is 0 Å². The summed E-state index contributed by atoms with van der Waals surface area (Å²) in [7, 11) is 0. The second-order valence-corrected chi connectivity index (χ2v) is 8.34. The second kappa shape index (κ2) is 9.67. The van der Waals surface area contributed by atoms with Crippen LogP contribution in [0.1, 0.15) is 31.1 Å². The maximum atomic E-state index is 14.1. The smallest absolute Gasteiger partial charge is 0.252 e. The van der Waals surface area contributed by atoms with E-state index in [0.717, 1.165) is 0 Å². The van der Waals surface area contributed by atoms with E-state index in [1.165, 1.54) is 12.3 Å².